The van der Waals surface area contributed by atoms with Crippen LogP contribution in [0, 0.1) is 6.92 Å². The number of rotatable bonds is 4. The second-order valence-corrected chi connectivity index (χ2v) is 8.59. The highest BCUT2D eigenvalue weighted by Gasteiger charge is 2.36. The molecule has 0 radical (unpaired) electrons. The van der Waals surface area contributed by atoms with Crippen LogP contribution in [0.1, 0.15) is 56.1 Å². The molecule has 1 aromatic heterocycles. The molecule has 2 aliphatic rings. The Kier molecular flexibility index (Phi) is 6.00. The van der Waals surface area contributed by atoms with Gasteiger partial charge in [0.15, 0.2) is 0 Å². The van der Waals surface area contributed by atoms with Crippen LogP contribution in [-0.4, -0.2) is 34.4 Å². The van der Waals surface area contributed by atoms with E-state index >= 15 is 0 Å². The van der Waals surface area contributed by atoms with Gasteiger partial charge in [-0.1, -0.05) is 24.6 Å². The third-order valence-corrected chi connectivity index (χ3v) is 6.32. The van der Waals surface area contributed by atoms with Gasteiger partial charge in [-0.25, -0.2) is 0 Å². The van der Waals surface area contributed by atoms with Crippen LogP contribution in [0.3, 0.4) is 0 Å². The molecule has 2 atom stereocenters. The summed E-state index contributed by atoms with van der Waals surface area (Å²) in [6, 6.07) is 5.55. The number of aromatic amines is 1. The first-order valence-corrected chi connectivity index (χ1v) is 11.0. The van der Waals surface area contributed by atoms with Gasteiger partial charge in [0.05, 0.1) is 22.2 Å². The van der Waals surface area contributed by atoms with Crippen molar-refractivity contribution in [1.82, 2.24) is 9.97 Å². The van der Waals surface area contributed by atoms with Crippen LogP contribution >= 0.6 is 11.6 Å². The summed E-state index contributed by atoms with van der Waals surface area (Å²) in [5.74, 6) is -1.16. The number of nitrogens with one attached hydrogen (secondary N) is 3. The highest BCUT2D eigenvalue weighted by atomic mass is 35.5. The Morgan fingerprint density at radius 1 is 1.32 bits per heavy atom. The first-order valence-electron chi connectivity index (χ1n) is 10.6. The summed E-state index contributed by atoms with van der Waals surface area (Å²) < 4.78 is 0. The van der Waals surface area contributed by atoms with Crippen molar-refractivity contribution in [3.63, 3.8) is 0 Å². The third kappa shape index (κ3) is 4.30. The first kappa shape index (κ1) is 21.4. The largest absolute Gasteiger partial charge is 0.339 e. The van der Waals surface area contributed by atoms with E-state index in [2.05, 4.69) is 32.4 Å². The van der Waals surface area contributed by atoms with E-state index < -0.39 is 17.4 Å². The quantitative estimate of drug-likeness (QED) is 0.669. The molecular formula is C22H26ClN5O3. The number of H-pyrrole nitrogens is 1. The average molecular weight is 444 g/mol. The monoisotopic (exact) mass is 443 g/mol. The maximum absolute atomic E-state index is 13.0. The molecule has 0 aliphatic carbocycles. The van der Waals surface area contributed by atoms with Crippen LogP contribution in [0.15, 0.2) is 23.0 Å². The number of benzene rings is 1. The van der Waals surface area contributed by atoms with Gasteiger partial charge in [-0.15, -0.1) is 0 Å². The predicted octanol–water partition coefficient (Wildman–Crippen LogP) is 3.57. The van der Waals surface area contributed by atoms with E-state index in [0.29, 0.717) is 16.7 Å². The lowest BCUT2D eigenvalue weighted by molar-refractivity contribution is -0.123. The summed E-state index contributed by atoms with van der Waals surface area (Å²) in [6.07, 6.45) is 4.01. The van der Waals surface area contributed by atoms with Crippen LogP contribution in [-0.2, 0) is 9.59 Å². The molecule has 0 unspecified atom stereocenters. The van der Waals surface area contributed by atoms with Crippen molar-refractivity contribution in [2.45, 2.75) is 57.9 Å². The van der Waals surface area contributed by atoms with E-state index in [1.165, 1.54) is 0 Å². The number of hydrogen-bond donors (Lipinski definition) is 3. The van der Waals surface area contributed by atoms with E-state index in [1.807, 2.05) is 13.0 Å². The topological polar surface area (TPSA) is 107 Å². The zero-order chi connectivity index (χ0) is 22.1. The number of anilines is 3. The lowest BCUT2D eigenvalue weighted by Crippen LogP contribution is -2.43. The lowest BCUT2D eigenvalue weighted by atomic mass is 9.92. The van der Waals surface area contributed by atoms with Gasteiger partial charge < -0.3 is 15.5 Å². The molecule has 3 N–H and O–H groups in total. The van der Waals surface area contributed by atoms with Crippen LogP contribution < -0.4 is 21.1 Å². The molecule has 0 spiro atoms. The van der Waals surface area contributed by atoms with Crippen molar-refractivity contribution >= 4 is 40.9 Å². The summed E-state index contributed by atoms with van der Waals surface area (Å²) in [5, 5.41) is 5.82. The summed E-state index contributed by atoms with van der Waals surface area (Å²) in [7, 11) is 0. The Balaban J connectivity index is 1.66. The number of hydrogen-bond acceptors (Lipinski definition) is 5. The highest BCUT2D eigenvalue weighted by molar-refractivity contribution is 6.33. The summed E-state index contributed by atoms with van der Waals surface area (Å²) in [4.78, 5) is 47.9. The van der Waals surface area contributed by atoms with Gasteiger partial charge in [0, 0.05) is 19.0 Å². The summed E-state index contributed by atoms with van der Waals surface area (Å²) in [5.41, 5.74) is 1.16. The Labute approximate surface area is 185 Å². The van der Waals surface area contributed by atoms with Gasteiger partial charge in [-0.2, -0.15) is 4.98 Å². The molecular weight excluding hydrogens is 418 g/mol. The van der Waals surface area contributed by atoms with E-state index in [4.69, 9.17) is 11.6 Å². The SMILES string of the molecule is CC[C@@H]1CCCCN1c1nc2c(c(=O)[nH]1)[C@@H](C(=O)Nc1ccc(C)cc1Cl)CC(=O)N2. The van der Waals surface area contributed by atoms with Crippen molar-refractivity contribution in [1.29, 1.82) is 0 Å². The molecule has 1 fully saturated rings. The van der Waals surface area contributed by atoms with Crippen molar-refractivity contribution in [2.24, 2.45) is 0 Å². The van der Waals surface area contributed by atoms with Crippen molar-refractivity contribution < 1.29 is 9.59 Å². The number of fused-ring (bicyclic) bond motifs is 1. The minimum absolute atomic E-state index is 0.131. The first-order chi connectivity index (χ1) is 14.9. The average Bonchev–Trinajstić information content (AvgIpc) is 2.74. The van der Waals surface area contributed by atoms with Gasteiger partial charge in [0.1, 0.15) is 5.82 Å². The Bertz CT molecular complexity index is 1080. The molecule has 0 bridgehead atoms. The van der Waals surface area contributed by atoms with Crippen LogP contribution in [0.4, 0.5) is 17.5 Å². The smallest absolute Gasteiger partial charge is 0.258 e. The molecule has 31 heavy (non-hydrogen) atoms. The highest BCUT2D eigenvalue weighted by Crippen LogP contribution is 2.32. The molecule has 2 aromatic rings. The predicted molar refractivity (Wildman–Crippen MR) is 121 cm³/mol. The van der Waals surface area contributed by atoms with Gasteiger partial charge in [0.25, 0.3) is 5.56 Å². The summed E-state index contributed by atoms with van der Waals surface area (Å²) >= 11 is 6.23. The van der Waals surface area contributed by atoms with Crippen molar-refractivity contribution in [3.05, 3.63) is 44.7 Å². The van der Waals surface area contributed by atoms with E-state index in [1.54, 1.807) is 12.1 Å². The molecule has 1 aromatic carbocycles. The minimum atomic E-state index is -0.949. The van der Waals surface area contributed by atoms with Crippen LogP contribution in [0.25, 0.3) is 0 Å². The maximum Gasteiger partial charge on any atom is 0.258 e. The zero-order valence-electron chi connectivity index (χ0n) is 17.6. The van der Waals surface area contributed by atoms with Crippen LogP contribution in [0.2, 0.25) is 5.02 Å². The third-order valence-electron chi connectivity index (χ3n) is 6.01. The fraction of sp³-hybridized carbons (Fsp3) is 0.455. The van der Waals surface area contributed by atoms with E-state index in [-0.39, 0.29) is 29.8 Å². The van der Waals surface area contributed by atoms with Gasteiger partial charge in [0.2, 0.25) is 17.8 Å². The molecule has 1 saturated heterocycles. The standard InChI is InChI=1S/C22H26ClN5O3/c1-3-13-6-4-5-9-28(13)22-26-19-18(21(31)27-22)14(11-17(29)25-19)20(30)24-16-8-7-12(2)10-15(16)23/h7-8,10,13-14H,3-6,9,11H2,1-2H3,(H,24,30)(H2,25,26,27,29,31)/t13-,14+/m1/s1. The zero-order valence-corrected chi connectivity index (χ0v) is 18.4. The molecule has 2 amide bonds. The number of carbonyl (C=O) groups is 2. The fourth-order valence-electron chi connectivity index (χ4n) is 4.36. The second kappa shape index (κ2) is 8.70. The molecule has 2 aliphatic heterocycles. The van der Waals surface area contributed by atoms with Gasteiger partial charge >= 0.3 is 0 Å². The molecule has 164 valence electrons. The van der Waals surface area contributed by atoms with Gasteiger partial charge in [-0.05, 0) is 50.3 Å². The number of nitrogens with zero attached hydrogens (tertiary/aromatic N) is 2. The minimum Gasteiger partial charge on any atom is -0.339 e. The molecule has 0 saturated carbocycles. The van der Waals surface area contributed by atoms with Gasteiger partial charge in [-0.3, -0.25) is 19.4 Å². The number of aromatic nitrogens is 2. The molecule has 3 heterocycles. The normalized spacial score (nSPS) is 20.7. The summed E-state index contributed by atoms with van der Waals surface area (Å²) in [6.45, 7) is 4.80. The molecule has 8 nitrogen and oxygen atoms in total. The second-order valence-electron chi connectivity index (χ2n) is 8.18. The molecule has 4 rings (SSSR count). The Morgan fingerprint density at radius 3 is 2.87 bits per heavy atom. The number of carbonyl (C=O) groups excluding carboxylic acids is 2. The van der Waals surface area contributed by atoms with E-state index in [0.717, 1.165) is 37.8 Å². The fourth-order valence-corrected chi connectivity index (χ4v) is 4.65. The number of halogens is 1. The van der Waals surface area contributed by atoms with Crippen molar-refractivity contribution in [3.8, 4) is 0 Å². The number of piperidine rings is 1. The Morgan fingerprint density at radius 2 is 2.13 bits per heavy atom. The Hall–Kier alpha value is -2.87. The lowest BCUT2D eigenvalue weighted by Gasteiger charge is -2.36. The maximum atomic E-state index is 13.0. The molecule has 9 heteroatoms. The van der Waals surface area contributed by atoms with Crippen molar-refractivity contribution in [2.75, 3.05) is 22.1 Å². The van der Waals surface area contributed by atoms with E-state index in [9.17, 15) is 14.4 Å². The number of amides is 2. The van der Waals surface area contributed by atoms with Crippen LogP contribution in [0.5, 0.6) is 0 Å². The number of aryl methyl sites for hydroxylation is 1.